The molecule has 0 aliphatic rings. The van der Waals surface area contributed by atoms with Crippen LogP contribution in [-0.2, 0) is 0 Å². The molecule has 84 valence electrons. The minimum absolute atomic E-state index is 0.319. The van der Waals surface area contributed by atoms with Crippen LogP contribution in [0.15, 0.2) is 36.5 Å². The molecule has 3 nitrogen and oxygen atoms in total. The maximum atomic E-state index is 9.94. The molecule has 16 heavy (non-hydrogen) atoms. The standard InChI is InChI=1S/C12H12BrNO2/c13-7-10(15)12(16)11-9-4-2-1-3-8(9)5-6-14-11/h1-6,10,12,15-16H,7H2. The van der Waals surface area contributed by atoms with Crippen molar-refractivity contribution in [1.29, 1.82) is 0 Å². The maximum Gasteiger partial charge on any atom is 0.123 e. The molecule has 1 aromatic heterocycles. The van der Waals surface area contributed by atoms with Gasteiger partial charge in [0, 0.05) is 16.9 Å². The fraction of sp³-hybridized carbons (Fsp3) is 0.250. The Hall–Kier alpha value is -0.970. The van der Waals surface area contributed by atoms with Crippen molar-refractivity contribution in [2.45, 2.75) is 12.2 Å². The van der Waals surface area contributed by atoms with Crippen LogP contribution in [0.5, 0.6) is 0 Å². The minimum Gasteiger partial charge on any atom is -0.389 e. The van der Waals surface area contributed by atoms with Gasteiger partial charge in [0.05, 0.1) is 11.8 Å². The van der Waals surface area contributed by atoms with Gasteiger partial charge >= 0.3 is 0 Å². The fourth-order valence-corrected chi connectivity index (χ4v) is 2.00. The van der Waals surface area contributed by atoms with E-state index in [0.29, 0.717) is 11.0 Å². The SMILES string of the molecule is OC(CBr)C(O)c1nccc2ccccc12. The molecule has 0 spiro atoms. The van der Waals surface area contributed by atoms with Gasteiger partial charge in [-0.1, -0.05) is 40.2 Å². The van der Waals surface area contributed by atoms with Gasteiger partial charge in [-0.15, -0.1) is 0 Å². The quantitative estimate of drug-likeness (QED) is 0.847. The van der Waals surface area contributed by atoms with E-state index < -0.39 is 12.2 Å². The third kappa shape index (κ3) is 2.09. The number of hydrogen-bond acceptors (Lipinski definition) is 3. The molecule has 2 rings (SSSR count). The Labute approximate surface area is 102 Å². The summed E-state index contributed by atoms with van der Waals surface area (Å²) in [6, 6.07) is 9.54. The van der Waals surface area contributed by atoms with Crippen molar-refractivity contribution in [3.05, 3.63) is 42.2 Å². The van der Waals surface area contributed by atoms with E-state index in [2.05, 4.69) is 20.9 Å². The lowest BCUT2D eigenvalue weighted by molar-refractivity contribution is 0.0325. The third-order valence-corrected chi connectivity index (χ3v) is 3.17. The molecule has 0 fully saturated rings. The van der Waals surface area contributed by atoms with Gasteiger partial charge in [0.1, 0.15) is 6.10 Å². The molecule has 0 saturated heterocycles. The Bertz CT molecular complexity index is 484. The second-order valence-electron chi connectivity index (χ2n) is 3.58. The number of fused-ring (bicyclic) bond motifs is 1. The first-order chi connectivity index (χ1) is 7.74. The van der Waals surface area contributed by atoms with Crippen LogP contribution in [0.2, 0.25) is 0 Å². The number of alkyl halides is 1. The van der Waals surface area contributed by atoms with Gasteiger partial charge in [-0.05, 0) is 11.5 Å². The van der Waals surface area contributed by atoms with Crippen molar-refractivity contribution in [2.24, 2.45) is 0 Å². The van der Waals surface area contributed by atoms with Crippen LogP contribution in [0.4, 0.5) is 0 Å². The Morgan fingerprint density at radius 2 is 1.94 bits per heavy atom. The van der Waals surface area contributed by atoms with E-state index in [1.54, 1.807) is 6.20 Å². The van der Waals surface area contributed by atoms with Crippen LogP contribution in [0.1, 0.15) is 11.8 Å². The molecule has 0 aliphatic carbocycles. The Morgan fingerprint density at radius 3 is 2.69 bits per heavy atom. The van der Waals surface area contributed by atoms with Crippen LogP contribution < -0.4 is 0 Å². The van der Waals surface area contributed by atoms with Crippen molar-refractivity contribution >= 4 is 26.7 Å². The largest absolute Gasteiger partial charge is 0.389 e. The first-order valence-electron chi connectivity index (χ1n) is 5.00. The van der Waals surface area contributed by atoms with Crippen LogP contribution in [0, 0.1) is 0 Å². The van der Waals surface area contributed by atoms with Gasteiger partial charge < -0.3 is 10.2 Å². The fourth-order valence-electron chi connectivity index (χ4n) is 1.65. The third-order valence-electron chi connectivity index (χ3n) is 2.51. The van der Waals surface area contributed by atoms with Gasteiger partial charge in [0.25, 0.3) is 0 Å². The highest BCUT2D eigenvalue weighted by Gasteiger charge is 2.20. The van der Waals surface area contributed by atoms with Gasteiger partial charge in [0.15, 0.2) is 0 Å². The highest BCUT2D eigenvalue weighted by molar-refractivity contribution is 9.09. The summed E-state index contributed by atoms with van der Waals surface area (Å²) in [6.45, 7) is 0. The molecule has 0 saturated carbocycles. The molecule has 0 bridgehead atoms. The number of nitrogens with zero attached hydrogens (tertiary/aromatic N) is 1. The summed E-state index contributed by atoms with van der Waals surface area (Å²) in [5.74, 6) is 0. The van der Waals surface area contributed by atoms with Crippen LogP contribution in [-0.4, -0.2) is 26.6 Å². The molecular weight excluding hydrogens is 270 g/mol. The van der Waals surface area contributed by atoms with Crippen molar-refractivity contribution in [2.75, 3.05) is 5.33 Å². The zero-order valence-corrected chi connectivity index (χ0v) is 10.1. The van der Waals surface area contributed by atoms with E-state index in [0.717, 1.165) is 10.8 Å². The van der Waals surface area contributed by atoms with Crippen LogP contribution in [0.25, 0.3) is 10.8 Å². The summed E-state index contributed by atoms with van der Waals surface area (Å²) < 4.78 is 0. The van der Waals surface area contributed by atoms with E-state index in [-0.39, 0.29) is 0 Å². The number of aromatic nitrogens is 1. The molecule has 4 heteroatoms. The summed E-state index contributed by atoms with van der Waals surface area (Å²) in [5.41, 5.74) is 0.519. The number of hydrogen-bond donors (Lipinski definition) is 2. The molecule has 0 amide bonds. The number of rotatable bonds is 3. The molecule has 2 N–H and O–H groups in total. The average Bonchev–Trinajstić information content (AvgIpc) is 2.36. The molecule has 2 atom stereocenters. The van der Waals surface area contributed by atoms with Gasteiger partial charge in [0.2, 0.25) is 0 Å². The van der Waals surface area contributed by atoms with E-state index >= 15 is 0 Å². The Morgan fingerprint density at radius 1 is 1.19 bits per heavy atom. The zero-order chi connectivity index (χ0) is 11.5. The zero-order valence-electron chi connectivity index (χ0n) is 8.55. The second kappa shape index (κ2) is 4.91. The first kappa shape index (κ1) is 11.5. The van der Waals surface area contributed by atoms with E-state index in [4.69, 9.17) is 0 Å². The van der Waals surface area contributed by atoms with E-state index in [1.807, 2.05) is 30.3 Å². The summed E-state index contributed by atoms with van der Waals surface area (Å²) >= 11 is 3.14. The van der Waals surface area contributed by atoms with Gasteiger partial charge in [-0.2, -0.15) is 0 Å². The predicted octanol–water partition coefficient (Wildman–Crippen LogP) is 2.02. The summed E-state index contributed by atoms with van der Waals surface area (Å²) in [5, 5.41) is 21.7. The maximum absolute atomic E-state index is 9.94. The molecule has 2 unspecified atom stereocenters. The first-order valence-corrected chi connectivity index (χ1v) is 6.12. The highest BCUT2D eigenvalue weighted by atomic mass is 79.9. The van der Waals surface area contributed by atoms with Crippen LogP contribution in [0.3, 0.4) is 0 Å². The topological polar surface area (TPSA) is 53.4 Å². The number of aliphatic hydroxyl groups excluding tert-OH is 2. The van der Waals surface area contributed by atoms with E-state index in [1.165, 1.54) is 0 Å². The van der Waals surface area contributed by atoms with E-state index in [9.17, 15) is 10.2 Å². The van der Waals surface area contributed by atoms with Crippen molar-refractivity contribution in [3.63, 3.8) is 0 Å². The predicted molar refractivity (Wildman–Crippen MR) is 66.5 cm³/mol. The number of pyridine rings is 1. The highest BCUT2D eigenvalue weighted by Crippen LogP contribution is 2.24. The van der Waals surface area contributed by atoms with Gasteiger partial charge in [-0.25, -0.2) is 0 Å². The number of halogens is 1. The number of benzene rings is 1. The second-order valence-corrected chi connectivity index (χ2v) is 4.23. The molecule has 0 aliphatic heterocycles. The molecule has 0 radical (unpaired) electrons. The monoisotopic (exact) mass is 281 g/mol. The lowest BCUT2D eigenvalue weighted by Crippen LogP contribution is -2.20. The van der Waals surface area contributed by atoms with Crippen molar-refractivity contribution in [1.82, 2.24) is 4.98 Å². The van der Waals surface area contributed by atoms with Gasteiger partial charge in [-0.3, -0.25) is 4.98 Å². The lowest BCUT2D eigenvalue weighted by atomic mass is 10.0. The summed E-state index contributed by atoms with van der Waals surface area (Å²) in [6.07, 6.45) is -0.175. The smallest absolute Gasteiger partial charge is 0.123 e. The molecule has 1 aromatic carbocycles. The molecular formula is C12H12BrNO2. The average molecular weight is 282 g/mol. The Kier molecular flexibility index (Phi) is 3.53. The normalized spacial score (nSPS) is 14.9. The van der Waals surface area contributed by atoms with Crippen molar-refractivity contribution < 1.29 is 10.2 Å². The molecule has 1 heterocycles. The van der Waals surface area contributed by atoms with Crippen molar-refractivity contribution in [3.8, 4) is 0 Å². The molecule has 2 aromatic rings. The number of aliphatic hydroxyl groups is 2. The summed E-state index contributed by atoms with van der Waals surface area (Å²) in [4.78, 5) is 4.15. The summed E-state index contributed by atoms with van der Waals surface area (Å²) in [7, 11) is 0. The lowest BCUT2D eigenvalue weighted by Gasteiger charge is -2.16. The Balaban J connectivity index is 2.52. The minimum atomic E-state index is -0.967. The van der Waals surface area contributed by atoms with Crippen LogP contribution >= 0.6 is 15.9 Å².